The lowest BCUT2D eigenvalue weighted by Crippen LogP contribution is -2.45. The molecule has 0 saturated carbocycles. The smallest absolute Gasteiger partial charge is 0.338 e. The van der Waals surface area contributed by atoms with Crippen LogP contribution in [0.25, 0.3) is 0 Å². The Balaban J connectivity index is 1.98. The van der Waals surface area contributed by atoms with Crippen molar-refractivity contribution in [1.29, 1.82) is 0 Å². The fourth-order valence-corrected chi connectivity index (χ4v) is 1.68. The maximum Gasteiger partial charge on any atom is 0.405 e. The lowest BCUT2D eigenvalue weighted by Gasteiger charge is -2.27. The van der Waals surface area contributed by atoms with Crippen molar-refractivity contribution in [1.82, 2.24) is 20.9 Å². The van der Waals surface area contributed by atoms with E-state index in [4.69, 9.17) is 0 Å². The van der Waals surface area contributed by atoms with Gasteiger partial charge in [0.1, 0.15) is 6.54 Å². The van der Waals surface area contributed by atoms with Gasteiger partial charge in [0.05, 0.1) is 0 Å². The van der Waals surface area contributed by atoms with Gasteiger partial charge in [-0.25, -0.2) is 4.79 Å². The highest BCUT2D eigenvalue weighted by atomic mass is 19.4. The highest BCUT2D eigenvalue weighted by Crippen LogP contribution is 2.11. The van der Waals surface area contributed by atoms with Crippen molar-refractivity contribution in [2.45, 2.75) is 12.6 Å². The lowest BCUT2D eigenvalue weighted by atomic mass is 10.3. The molecule has 1 aliphatic rings. The zero-order valence-electron chi connectivity index (χ0n) is 10.1. The quantitative estimate of drug-likeness (QED) is 0.622. The summed E-state index contributed by atoms with van der Waals surface area (Å²) in [7, 11) is 0. The molecule has 0 atom stereocenters. The van der Waals surface area contributed by atoms with Gasteiger partial charge in [0, 0.05) is 32.7 Å². The third kappa shape index (κ3) is 7.33. The van der Waals surface area contributed by atoms with Crippen LogP contribution in [0.2, 0.25) is 0 Å². The Morgan fingerprint density at radius 1 is 1.22 bits per heavy atom. The van der Waals surface area contributed by atoms with E-state index in [0.29, 0.717) is 6.54 Å². The van der Waals surface area contributed by atoms with Crippen LogP contribution in [-0.2, 0) is 0 Å². The molecule has 1 saturated heterocycles. The van der Waals surface area contributed by atoms with Crippen LogP contribution in [0, 0.1) is 0 Å². The molecule has 0 spiro atoms. The predicted molar refractivity (Wildman–Crippen MR) is 61.4 cm³/mol. The first-order chi connectivity index (χ1) is 8.47. The fraction of sp³-hybridized carbons (Fsp3) is 0.900. The molecule has 1 rings (SSSR count). The number of carbonyl (C=O) groups is 1. The molecule has 1 fully saturated rings. The van der Waals surface area contributed by atoms with Gasteiger partial charge in [-0.2, -0.15) is 13.2 Å². The summed E-state index contributed by atoms with van der Waals surface area (Å²) in [6.45, 7) is 3.80. The predicted octanol–water partition coefficient (Wildman–Crippen LogP) is 0.143. The monoisotopic (exact) mass is 268 g/mol. The van der Waals surface area contributed by atoms with Gasteiger partial charge in [-0.15, -0.1) is 0 Å². The van der Waals surface area contributed by atoms with Crippen molar-refractivity contribution in [3.63, 3.8) is 0 Å². The Hall–Kier alpha value is -1.02. The molecule has 0 aliphatic carbocycles. The summed E-state index contributed by atoms with van der Waals surface area (Å²) >= 11 is 0. The lowest BCUT2D eigenvalue weighted by molar-refractivity contribution is -0.122. The van der Waals surface area contributed by atoms with Gasteiger partial charge in [0.2, 0.25) is 0 Å². The first-order valence-electron chi connectivity index (χ1n) is 5.99. The summed E-state index contributed by atoms with van der Waals surface area (Å²) in [4.78, 5) is 13.3. The second-order valence-electron chi connectivity index (χ2n) is 4.17. The fourth-order valence-electron chi connectivity index (χ4n) is 1.68. The molecule has 0 unspecified atom stereocenters. The normalized spacial score (nSPS) is 17.5. The summed E-state index contributed by atoms with van der Waals surface area (Å²) < 4.78 is 35.4. The number of carbonyl (C=O) groups excluding carboxylic acids is 1. The summed E-state index contributed by atoms with van der Waals surface area (Å²) in [5.41, 5.74) is 0. The molecule has 1 heterocycles. The number of alkyl halides is 3. The highest BCUT2D eigenvalue weighted by molar-refractivity contribution is 5.73. The van der Waals surface area contributed by atoms with Gasteiger partial charge < -0.3 is 20.9 Å². The van der Waals surface area contributed by atoms with Crippen molar-refractivity contribution >= 4 is 6.03 Å². The van der Waals surface area contributed by atoms with E-state index in [9.17, 15) is 18.0 Å². The number of amides is 2. The van der Waals surface area contributed by atoms with Crippen LogP contribution in [0.1, 0.15) is 6.42 Å². The summed E-state index contributed by atoms with van der Waals surface area (Å²) in [6, 6.07) is -0.771. The average Bonchev–Trinajstić information content (AvgIpc) is 2.33. The van der Waals surface area contributed by atoms with E-state index in [1.807, 2.05) is 0 Å². The first kappa shape index (κ1) is 15.0. The Kier molecular flexibility index (Phi) is 6.20. The summed E-state index contributed by atoms with van der Waals surface area (Å²) in [6.07, 6.45) is -3.63. The van der Waals surface area contributed by atoms with Gasteiger partial charge in [0.15, 0.2) is 0 Å². The molecule has 5 nitrogen and oxygen atoms in total. The Bertz CT molecular complexity index is 254. The largest absolute Gasteiger partial charge is 0.405 e. The Morgan fingerprint density at radius 3 is 2.50 bits per heavy atom. The highest BCUT2D eigenvalue weighted by Gasteiger charge is 2.27. The maximum absolute atomic E-state index is 11.8. The average molecular weight is 268 g/mol. The number of nitrogens with one attached hydrogen (secondary N) is 3. The number of nitrogens with zero attached hydrogens (tertiary/aromatic N) is 1. The van der Waals surface area contributed by atoms with Crippen molar-refractivity contribution in [2.24, 2.45) is 0 Å². The van der Waals surface area contributed by atoms with Crippen LogP contribution >= 0.6 is 0 Å². The Morgan fingerprint density at radius 2 is 1.89 bits per heavy atom. The van der Waals surface area contributed by atoms with E-state index in [1.54, 1.807) is 5.32 Å². The van der Waals surface area contributed by atoms with E-state index in [1.165, 1.54) is 0 Å². The van der Waals surface area contributed by atoms with Gasteiger partial charge in [-0.05, 0) is 13.0 Å². The van der Waals surface area contributed by atoms with Crippen LogP contribution in [0.5, 0.6) is 0 Å². The molecule has 0 radical (unpaired) electrons. The van der Waals surface area contributed by atoms with Gasteiger partial charge in [-0.1, -0.05) is 0 Å². The molecule has 3 N–H and O–H groups in total. The van der Waals surface area contributed by atoms with Gasteiger partial charge in [0.25, 0.3) is 0 Å². The molecule has 18 heavy (non-hydrogen) atoms. The number of hydrogen-bond donors (Lipinski definition) is 3. The molecule has 1 aliphatic heterocycles. The van der Waals surface area contributed by atoms with Gasteiger partial charge in [-0.3, -0.25) is 0 Å². The van der Waals surface area contributed by atoms with Crippen LogP contribution in [0.3, 0.4) is 0 Å². The molecule has 0 aromatic heterocycles. The standard InChI is InChI=1S/C10H19F3N4O/c11-10(12,13)8-16-9(18)15-2-1-5-17-6-3-14-4-7-17/h14H,1-8H2,(H2,15,16,18). The Labute approximate surface area is 104 Å². The molecule has 0 aromatic carbocycles. The van der Waals surface area contributed by atoms with Crippen LogP contribution in [-0.4, -0.2) is 62.9 Å². The van der Waals surface area contributed by atoms with E-state index >= 15 is 0 Å². The zero-order valence-corrected chi connectivity index (χ0v) is 10.1. The van der Waals surface area contributed by atoms with E-state index in [0.717, 1.165) is 39.1 Å². The second-order valence-corrected chi connectivity index (χ2v) is 4.17. The van der Waals surface area contributed by atoms with Crippen molar-refractivity contribution in [2.75, 3.05) is 45.8 Å². The van der Waals surface area contributed by atoms with Gasteiger partial charge >= 0.3 is 12.2 Å². The molecule has 0 aromatic rings. The number of hydrogen-bond acceptors (Lipinski definition) is 3. The minimum atomic E-state index is -4.36. The molecule has 8 heteroatoms. The third-order valence-electron chi connectivity index (χ3n) is 2.60. The maximum atomic E-state index is 11.8. The number of rotatable bonds is 5. The first-order valence-corrected chi connectivity index (χ1v) is 5.99. The van der Waals surface area contributed by atoms with E-state index < -0.39 is 18.8 Å². The van der Waals surface area contributed by atoms with Crippen LogP contribution < -0.4 is 16.0 Å². The number of urea groups is 1. The molecular formula is C10H19F3N4O. The van der Waals surface area contributed by atoms with E-state index in [2.05, 4.69) is 15.5 Å². The van der Waals surface area contributed by atoms with E-state index in [-0.39, 0.29) is 0 Å². The molecule has 0 bridgehead atoms. The van der Waals surface area contributed by atoms with Crippen molar-refractivity contribution < 1.29 is 18.0 Å². The van der Waals surface area contributed by atoms with Crippen LogP contribution in [0.15, 0.2) is 0 Å². The van der Waals surface area contributed by atoms with Crippen molar-refractivity contribution in [3.8, 4) is 0 Å². The minimum Gasteiger partial charge on any atom is -0.338 e. The second kappa shape index (κ2) is 7.42. The molecule has 2 amide bonds. The summed E-state index contributed by atoms with van der Waals surface area (Å²) in [5, 5.41) is 7.39. The zero-order chi connectivity index (χ0) is 13.4. The topological polar surface area (TPSA) is 56.4 Å². The third-order valence-corrected chi connectivity index (χ3v) is 2.60. The summed E-state index contributed by atoms with van der Waals surface area (Å²) in [5.74, 6) is 0. The molecule has 106 valence electrons. The minimum absolute atomic E-state index is 0.383. The molecular weight excluding hydrogens is 249 g/mol. The SMILES string of the molecule is O=C(NCCCN1CCNCC1)NCC(F)(F)F. The number of halogens is 3. The van der Waals surface area contributed by atoms with Crippen LogP contribution in [0.4, 0.5) is 18.0 Å². The van der Waals surface area contributed by atoms with Crippen molar-refractivity contribution in [3.05, 3.63) is 0 Å². The number of piperazine rings is 1.